The first-order valence-electron chi connectivity index (χ1n) is 7.59. The maximum Gasteiger partial charge on any atom is 0.294 e. The minimum Gasteiger partial charge on any atom is -0.449 e. The summed E-state index contributed by atoms with van der Waals surface area (Å²) < 4.78 is 5.74. The monoisotopic (exact) mass is 339 g/mol. The number of benzene rings is 1. The molecule has 0 bridgehead atoms. The van der Waals surface area contributed by atoms with E-state index in [0.717, 1.165) is 5.56 Å². The number of nitrogens with zero attached hydrogens (tertiary/aromatic N) is 2. The number of pyridine rings is 1. The molecular formula is C17H17N5O3. The first kappa shape index (κ1) is 16.5. The van der Waals surface area contributed by atoms with Crippen LogP contribution in [0.15, 0.2) is 48.5 Å². The van der Waals surface area contributed by atoms with Crippen LogP contribution in [0, 0.1) is 0 Å². The number of amides is 2. The summed E-state index contributed by atoms with van der Waals surface area (Å²) in [6.45, 7) is 0.148. The van der Waals surface area contributed by atoms with Crippen LogP contribution >= 0.6 is 0 Å². The second kappa shape index (κ2) is 7.02. The van der Waals surface area contributed by atoms with Crippen molar-refractivity contribution < 1.29 is 14.3 Å². The average molecular weight is 339 g/mol. The van der Waals surface area contributed by atoms with Crippen LogP contribution in [0.5, 0.6) is 5.75 Å². The normalized spacial score (nSPS) is 14.8. The van der Waals surface area contributed by atoms with Gasteiger partial charge in [0.2, 0.25) is 5.91 Å². The van der Waals surface area contributed by atoms with E-state index in [1.807, 2.05) is 0 Å². The van der Waals surface area contributed by atoms with Crippen LogP contribution in [-0.2, 0) is 9.59 Å². The van der Waals surface area contributed by atoms with Crippen LogP contribution in [0.3, 0.4) is 0 Å². The predicted molar refractivity (Wildman–Crippen MR) is 93.0 cm³/mol. The zero-order valence-corrected chi connectivity index (χ0v) is 13.3. The van der Waals surface area contributed by atoms with Gasteiger partial charge in [0, 0.05) is 31.0 Å². The van der Waals surface area contributed by atoms with Crippen molar-refractivity contribution in [3.05, 3.63) is 54.0 Å². The molecule has 1 aromatic carbocycles. The molecule has 25 heavy (non-hydrogen) atoms. The molecule has 0 atom stereocenters. The Labute approximate surface area is 144 Å². The molecule has 1 aliphatic rings. The fourth-order valence-corrected chi connectivity index (χ4v) is 2.45. The molecule has 0 fully saturated rings. The lowest BCUT2D eigenvalue weighted by Gasteiger charge is -2.30. The number of nitrogens with two attached hydrogens (primary N) is 2. The highest BCUT2D eigenvalue weighted by atomic mass is 16.5. The van der Waals surface area contributed by atoms with Crippen molar-refractivity contribution >= 4 is 29.3 Å². The lowest BCUT2D eigenvalue weighted by atomic mass is 10.1. The number of hydrazine groups is 1. The van der Waals surface area contributed by atoms with Crippen molar-refractivity contribution in [2.45, 2.75) is 6.42 Å². The predicted octanol–water partition coefficient (Wildman–Crippen LogP) is 0.810. The molecule has 1 aliphatic heterocycles. The van der Waals surface area contributed by atoms with Gasteiger partial charge in [-0.15, -0.1) is 0 Å². The van der Waals surface area contributed by atoms with Crippen molar-refractivity contribution in [2.75, 3.05) is 17.2 Å². The Bertz CT molecular complexity index is 835. The van der Waals surface area contributed by atoms with E-state index < -0.39 is 0 Å². The molecule has 0 saturated carbocycles. The van der Waals surface area contributed by atoms with Crippen LogP contribution < -0.4 is 26.6 Å². The zero-order chi connectivity index (χ0) is 17.8. The average Bonchev–Trinajstić information content (AvgIpc) is 2.63. The standard InChI is InChI=1S/C17H17N5O3/c18-12-1-2-14-13(10-12)22(8-5-16(23)21-19)17(24)15(25-14)9-11-3-6-20-7-4-11/h1-4,6-7,9-10H,5,8,18-19H2,(H,21,23)/b15-9+. The molecule has 1 aromatic heterocycles. The number of nitrogens with one attached hydrogen (secondary N) is 1. The van der Waals surface area contributed by atoms with Gasteiger partial charge in [0.15, 0.2) is 11.5 Å². The fourth-order valence-electron chi connectivity index (χ4n) is 2.45. The fraction of sp³-hybridized carbons (Fsp3) is 0.118. The molecule has 128 valence electrons. The van der Waals surface area contributed by atoms with Crippen LogP contribution in [-0.4, -0.2) is 23.3 Å². The molecule has 8 nitrogen and oxygen atoms in total. The third kappa shape index (κ3) is 3.59. The number of carbonyl (C=O) groups excluding carboxylic acids is 2. The Hall–Kier alpha value is -3.39. The molecule has 0 unspecified atom stereocenters. The molecule has 2 heterocycles. The van der Waals surface area contributed by atoms with E-state index >= 15 is 0 Å². The highest BCUT2D eigenvalue weighted by Crippen LogP contribution is 2.37. The molecule has 2 amide bonds. The van der Waals surface area contributed by atoms with E-state index in [0.29, 0.717) is 17.1 Å². The molecule has 3 rings (SSSR count). The highest BCUT2D eigenvalue weighted by molar-refractivity contribution is 6.10. The van der Waals surface area contributed by atoms with Crippen molar-refractivity contribution in [1.29, 1.82) is 0 Å². The minimum atomic E-state index is -0.371. The van der Waals surface area contributed by atoms with Crippen LogP contribution in [0.2, 0.25) is 0 Å². The van der Waals surface area contributed by atoms with Gasteiger partial charge in [-0.05, 0) is 42.0 Å². The summed E-state index contributed by atoms with van der Waals surface area (Å²) in [6.07, 6.45) is 4.92. The Kier molecular flexibility index (Phi) is 4.62. The van der Waals surface area contributed by atoms with Gasteiger partial charge in [-0.25, -0.2) is 5.84 Å². The molecule has 0 saturated heterocycles. The number of carbonyl (C=O) groups is 2. The van der Waals surface area contributed by atoms with E-state index in [1.54, 1.807) is 48.8 Å². The van der Waals surface area contributed by atoms with E-state index in [2.05, 4.69) is 10.4 Å². The van der Waals surface area contributed by atoms with E-state index in [-0.39, 0.29) is 30.5 Å². The molecule has 2 aromatic rings. The minimum absolute atomic E-state index is 0.0546. The number of anilines is 2. The van der Waals surface area contributed by atoms with Crippen LogP contribution in [0.4, 0.5) is 11.4 Å². The third-order valence-electron chi connectivity index (χ3n) is 3.68. The Morgan fingerprint density at radius 1 is 1.28 bits per heavy atom. The molecule has 0 spiro atoms. The summed E-state index contributed by atoms with van der Waals surface area (Å²) in [7, 11) is 0. The molecule has 0 radical (unpaired) electrons. The van der Waals surface area contributed by atoms with Gasteiger partial charge in [0.1, 0.15) is 0 Å². The number of ether oxygens (including phenoxy) is 1. The summed E-state index contributed by atoms with van der Waals surface area (Å²) in [4.78, 5) is 29.7. The second-order valence-electron chi connectivity index (χ2n) is 5.39. The lowest BCUT2D eigenvalue weighted by molar-refractivity contribution is -0.121. The van der Waals surface area contributed by atoms with Crippen LogP contribution in [0.25, 0.3) is 6.08 Å². The maximum atomic E-state index is 12.8. The Morgan fingerprint density at radius 3 is 2.76 bits per heavy atom. The molecule has 8 heteroatoms. The summed E-state index contributed by atoms with van der Waals surface area (Å²) in [5.41, 5.74) is 9.65. The van der Waals surface area contributed by atoms with E-state index in [4.69, 9.17) is 16.3 Å². The second-order valence-corrected chi connectivity index (χ2v) is 5.39. The third-order valence-corrected chi connectivity index (χ3v) is 3.68. The topological polar surface area (TPSA) is 124 Å². The van der Waals surface area contributed by atoms with Crippen molar-refractivity contribution in [1.82, 2.24) is 10.4 Å². The van der Waals surface area contributed by atoms with Gasteiger partial charge in [-0.3, -0.25) is 20.0 Å². The van der Waals surface area contributed by atoms with Crippen molar-refractivity contribution in [2.24, 2.45) is 5.84 Å². The SMILES string of the molecule is NNC(=O)CCN1C(=O)/C(=C\c2ccncc2)Oc2ccc(N)cc21. The quantitative estimate of drug-likeness (QED) is 0.249. The smallest absolute Gasteiger partial charge is 0.294 e. The maximum absolute atomic E-state index is 12.8. The largest absolute Gasteiger partial charge is 0.449 e. The first-order chi connectivity index (χ1) is 12.1. The highest BCUT2D eigenvalue weighted by Gasteiger charge is 2.30. The van der Waals surface area contributed by atoms with Gasteiger partial charge >= 0.3 is 0 Å². The first-order valence-corrected chi connectivity index (χ1v) is 7.59. The number of hydrogen-bond acceptors (Lipinski definition) is 6. The van der Waals surface area contributed by atoms with Gasteiger partial charge in [-0.2, -0.15) is 0 Å². The number of nitrogen functional groups attached to an aromatic ring is 1. The molecular weight excluding hydrogens is 322 g/mol. The van der Waals surface area contributed by atoms with Gasteiger partial charge in [0.25, 0.3) is 5.91 Å². The van der Waals surface area contributed by atoms with Crippen LogP contribution in [0.1, 0.15) is 12.0 Å². The number of aromatic nitrogens is 1. The Morgan fingerprint density at radius 2 is 2.04 bits per heavy atom. The van der Waals surface area contributed by atoms with Gasteiger partial charge in [0.05, 0.1) is 5.69 Å². The number of hydrogen-bond donors (Lipinski definition) is 3. The summed E-state index contributed by atoms with van der Waals surface area (Å²) in [5.74, 6) is 5.01. The zero-order valence-electron chi connectivity index (χ0n) is 13.3. The van der Waals surface area contributed by atoms with E-state index in [9.17, 15) is 9.59 Å². The van der Waals surface area contributed by atoms with Crippen molar-refractivity contribution in [3.63, 3.8) is 0 Å². The van der Waals surface area contributed by atoms with Gasteiger partial charge < -0.3 is 15.4 Å². The van der Waals surface area contributed by atoms with E-state index in [1.165, 1.54) is 4.90 Å². The van der Waals surface area contributed by atoms with Crippen molar-refractivity contribution in [3.8, 4) is 5.75 Å². The number of rotatable bonds is 4. The summed E-state index contributed by atoms with van der Waals surface area (Å²) in [5, 5.41) is 0. The lowest BCUT2D eigenvalue weighted by Crippen LogP contribution is -2.40. The summed E-state index contributed by atoms with van der Waals surface area (Å²) in [6, 6.07) is 8.52. The van der Waals surface area contributed by atoms with Gasteiger partial charge in [-0.1, -0.05) is 0 Å². The Balaban J connectivity index is 1.97. The molecule has 0 aliphatic carbocycles. The number of fused-ring (bicyclic) bond motifs is 1. The summed E-state index contributed by atoms with van der Waals surface area (Å²) >= 11 is 0. The molecule has 5 N–H and O–H groups in total.